The number of ether oxygens (including phenoxy) is 1. The highest BCUT2D eigenvalue weighted by Gasteiger charge is 2.37. The van der Waals surface area contributed by atoms with Crippen LogP contribution in [0.2, 0.25) is 5.02 Å². The summed E-state index contributed by atoms with van der Waals surface area (Å²) < 4.78 is 33.0. The second-order valence-electron chi connectivity index (χ2n) is 6.96. The molecule has 1 aromatic carbocycles. The van der Waals surface area contributed by atoms with Crippen molar-refractivity contribution in [3.63, 3.8) is 0 Å². The number of benzene rings is 1. The summed E-state index contributed by atoms with van der Waals surface area (Å²) in [5, 5.41) is 0.294. The van der Waals surface area contributed by atoms with Crippen LogP contribution in [0.5, 0.6) is 0 Å². The molecular formula is C19H22ClF2N5O2. The lowest BCUT2D eigenvalue weighted by atomic mass is 10.0. The first-order chi connectivity index (χ1) is 13.7. The van der Waals surface area contributed by atoms with E-state index in [1.807, 2.05) is 17.9 Å². The maximum Gasteiger partial charge on any atom is 0.328 e. The molecule has 156 valence electrons. The van der Waals surface area contributed by atoms with E-state index in [-0.39, 0.29) is 17.6 Å². The summed E-state index contributed by atoms with van der Waals surface area (Å²) in [4.78, 5) is 21.4. The van der Waals surface area contributed by atoms with Gasteiger partial charge in [-0.15, -0.1) is 0 Å². The fourth-order valence-electron chi connectivity index (χ4n) is 3.33. The minimum atomic E-state index is -3.64. The molecule has 0 bridgehead atoms. The van der Waals surface area contributed by atoms with Crippen LogP contribution in [0.15, 0.2) is 24.3 Å². The standard InChI is InChI=1S/C19H22ClF2N5O2/c1-11-7-16(26-18(24)25-11)27-5-2-6-29-10-15(27)13-4-3-12(8-14(13)20)9-19(21,22)17(23)28/h3-4,7-8,15H,2,5-6,9-10H2,1H3,(H2,23,28)(H2,24,25,26). The average Bonchev–Trinajstić information content (AvgIpc) is 2.86. The molecule has 1 unspecified atom stereocenters. The molecule has 4 N–H and O–H groups in total. The molecule has 29 heavy (non-hydrogen) atoms. The molecule has 2 aromatic rings. The zero-order valence-electron chi connectivity index (χ0n) is 15.9. The van der Waals surface area contributed by atoms with Gasteiger partial charge in [0.1, 0.15) is 5.82 Å². The molecule has 1 aromatic heterocycles. The number of rotatable bonds is 5. The third kappa shape index (κ3) is 4.91. The number of anilines is 2. The highest BCUT2D eigenvalue weighted by atomic mass is 35.5. The van der Waals surface area contributed by atoms with Crippen LogP contribution in [0.25, 0.3) is 0 Å². The Morgan fingerprint density at radius 1 is 1.38 bits per heavy atom. The second-order valence-corrected chi connectivity index (χ2v) is 7.37. The van der Waals surface area contributed by atoms with Gasteiger partial charge in [-0.25, -0.2) is 4.98 Å². The molecule has 1 saturated heterocycles. The Labute approximate surface area is 172 Å². The molecule has 7 nitrogen and oxygen atoms in total. The Morgan fingerprint density at radius 2 is 2.14 bits per heavy atom. The fraction of sp³-hybridized carbons (Fsp3) is 0.421. The number of hydrogen-bond acceptors (Lipinski definition) is 6. The summed E-state index contributed by atoms with van der Waals surface area (Å²) in [6, 6.07) is 6.14. The minimum Gasteiger partial charge on any atom is -0.379 e. The SMILES string of the molecule is Cc1cc(N2CCCOCC2c2ccc(CC(F)(F)C(N)=O)cc2Cl)nc(N)n1. The van der Waals surface area contributed by atoms with E-state index in [4.69, 9.17) is 27.8 Å². The van der Waals surface area contributed by atoms with Crippen LogP contribution in [-0.2, 0) is 16.0 Å². The maximum atomic E-state index is 13.7. The Balaban J connectivity index is 1.94. The second kappa shape index (κ2) is 8.46. The summed E-state index contributed by atoms with van der Waals surface area (Å²) >= 11 is 6.44. The quantitative estimate of drug-likeness (QED) is 0.762. The van der Waals surface area contributed by atoms with Crippen molar-refractivity contribution in [3.8, 4) is 0 Å². The fourth-order valence-corrected chi connectivity index (χ4v) is 3.65. The monoisotopic (exact) mass is 425 g/mol. The molecule has 1 aliphatic rings. The predicted octanol–water partition coefficient (Wildman–Crippen LogP) is 2.65. The Hall–Kier alpha value is -2.52. The molecule has 3 rings (SSSR count). The molecule has 1 fully saturated rings. The van der Waals surface area contributed by atoms with Crippen molar-refractivity contribution in [1.29, 1.82) is 0 Å². The topological polar surface area (TPSA) is 107 Å². The Kier molecular flexibility index (Phi) is 6.18. The number of carbonyl (C=O) groups excluding carboxylic acids is 1. The van der Waals surface area contributed by atoms with Crippen LogP contribution in [0.3, 0.4) is 0 Å². The summed E-state index contributed by atoms with van der Waals surface area (Å²) in [7, 11) is 0. The van der Waals surface area contributed by atoms with Gasteiger partial charge in [-0.3, -0.25) is 4.79 Å². The van der Waals surface area contributed by atoms with Crippen LogP contribution in [0.4, 0.5) is 20.5 Å². The van der Waals surface area contributed by atoms with Gasteiger partial charge in [0, 0.05) is 36.4 Å². The molecule has 0 aliphatic carbocycles. The first-order valence-electron chi connectivity index (χ1n) is 9.09. The molecule has 0 radical (unpaired) electrons. The third-order valence-corrected chi connectivity index (χ3v) is 5.03. The predicted molar refractivity (Wildman–Crippen MR) is 106 cm³/mol. The van der Waals surface area contributed by atoms with Gasteiger partial charge in [0.15, 0.2) is 0 Å². The van der Waals surface area contributed by atoms with Gasteiger partial charge in [0.2, 0.25) is 5.95 Å². The van der Waals surface area contributed by atoms with E-state index in [0.29, 0.717) is 36.2 Å². The van der Waals surface area contributed by atoms with Crippen molar-refractivity contribution in [2.75, 3.05) is 30.4 Å². The van der Waals surface area contributed by atoms with Crippen LogP contribution in [0, 0.1) is 6.92 Å². The van der Waals surface area contributed by atoms with Crippen molar-refractivity contribution in [1.82, 2.24) is 9.97 Å². The van der Waals surface area contributed by atoms with Gasteiger partial charge < -0.3 is 21.1 Å². The number of hydrogen-bond donors (Lipinski definition) is 2. The molecule has 1 aliphatic heterocycles. The van der Waals surface area contributed by atoms with E-state index < -0.39 is 18.3 Å². The van der Waals surface area contributed by atoms with Gasteiger partial charge in [0.05, 0.1) is 12.6 Å². The van der Waals surface area contributed by atoms with Crippen LogP contribution in [-0.4, -0.2) is 41.6 Å². The molecule has 2 heterocycles. The number of alkyl halides is 2. The Bertz CT molecular complexity index is 892. The number of carbonyl (C=O) groups is 1. The minimum absolute atomic E-state index is 0.166. The number of primary amides is 1. The van der Waals surface area contributed by atoms with E-state index in [9.17, 15) is 13.6 Å². The molecular weight excluding hydrogens is 404 g/mol. The van der Waals surface area contributed by atoms with E-state index in [2.05, 4.69) is 9.97 Å². The first kappa shape index (κ1) is 21.2. The molecule has 1 amide bonds. The van der Waals surface area contributed by atoms with E-state index in [1.54, 1.807) is 6.07 Å². The van der Waals surface area contributed by atoms with Gasteiger partial charge in [-0.05, 0) is 30.5 Å². The average molecular weight is 426 g/mol. The molecule has 1 atom stereocenters. The van der Waals surface area contributed by atoms with E-state index in [1.165, 1.54) is 12.1 Å². The van der Waals surface area contributed by atoms with Gasteiger partial charge in [-0.2, -0.15) is 13.8 Å². The largest absolute Gasteiger partial charge is 0.379 e. The highest BCUT2D eigenvalue weighted by Crippen LogP contribution is 2.34. The summed E-state index contributed by atoms with van der Waals surface area (Å²) in [6.07, 6.45) is -0.0329. The summed E-state index contributed by atoms with van der Waals surface area (Å²) in [6.45, 7) is 3.40. The number of halogens is 3. The number of nitrogen functional groups attached to an aromatic ring is 1. The number of amides is 1. The zero-order valence-corrected chi connectivity index (χ0v) is 16.6. The van der Waals surface area contributed by atoms with Crippen LogP contribution < -0.4 is 16.4 Å². The summed E-state index contributed by atoms with van der Waals surface area (Å²) in [5.41, 5.74) is 12.2. The van der Waals surface area contributed by atoms with Crippen molar-refractivity contribution in [2.24, 2.45) is 5.73 Å². The summed E-state index contributed by atoms with van der Waals surface area (Å²) in [5.74, 6) is -4.50. The van der Waals surface area contributed by atoms with Crippen molar-refractivity contribution < 1.29 is 18.3 Å². The van der Waals surface area contributed by atoms with Crippen molar-refractivity contribution in [2.45, 2.75) is 31.7 Å². The molecule has 0 saturated carbocycles. The first-order valence-corrected chi connectivity index (χ1v) is 9.47. The highest BCUT2D eigenvalue weighted by molar-refractivity contribution is 6.31. The van der Waals surface area contributed by atoms with E-state index >= 15 is 0 Å². The van der Waals surface area contributed by atoms with Crippen molar-refractivity contribution >= 4 is 29.3 Å². The van der Waals surface area contributed by atoms with Crippen molar-refractivity contribution in [3.05, 3.63) is 46.1 Å². The van der Waals surface area contributed by atoms with Gasteiger partial charge in [0.25, 0.3) is 5.91 Å². The third-order valence-electron chi connectivity index (χ3n) is 4.70. The Morgan fingerprint density at radius 3 is 2.79 bits per heavy atom. The number of aromatic nitrogens is 2. The molecule has 0 spiro atoms. The van der Waals surface area contributed by atoms with Gasteiger partial charge in [-0.1, -0.05) is 23.7 Å². The number of nitrogens with two attached hydrogens (primary N) is 2. The zero-order chi connectivity index (χ0) is 21.2. The normalized spacial score (nSPS) is 17.8. The smallest absolute Gasteiger partial charge is 0.328 e. The van der Waals surface area contributed by atoms with Gasteiger partial charge >= 0.3 is 5.92 Å². The number of aryl methyl sites for hydroxylation is 1. The van der Waals surface area contributed by atoms with Crippen LogP contribution >= 0.6 is 11.6 Å². The van der Waals surface area contributed by atoms with E-state index in [0.717, 1.165) is 12.1 Å². The maximum absolute atomic E-state index is 13.7. The van der Waals surface area contributed by atoms with Crippen LogP contribution in [0.1, 0.15) is 29.3 Å². The number of nitrogens with zero attached hydrogens (tertiary/aromatic N) is 3. The lowest BCUT2D eigenvalue weighted by Gasteiger charge is -2.31. The molecule has 10 heteroatoms. The lowest BCUT2D eigenvalue weighted by molar-refractivity contribution is -0.141. The lowest BCUT2D eigenvalue weighted by Crippen LogP contribution is -2.37.